The molecule has 2 N–H and O–H groups in total. The van der Waals surface area contributed by atoms with E-state index in [-0.39, 0.29) is 11.8 Å². The monoisotopic (exact) mass is 269 g/mol. The highest BCUT2D eigenvalue weighted by atomic mass is 32.1. The minimum Gasteiger partial charge on any atom is -0.483 e. The van der Waals surface area contributed by atoms with Gasteiger partial charge >= 0.3 is 0 Å². The van der Waals surface area contributed by atoms with Gasteiger partial charge in [0.15, 0.2) is 0 Å². The minimum atomic E-state index is -0.667. The number of rotatable bonds is 4. The van der Waals surface area contributed by atoms with Crippen LogP contribution in [0.2, 0.25) is 0 Å². The molecule has 0 spiro atoms. The lowest BCUT2D eigenvalue weighted by molar-refractivity contribution is 0.182. The third kappa shape index (κ3) is 3.05. The molecule has 1 heterocycles. The van der Waals surface area contributed by atoms with E-state index in [2.05, 4.69) is 0 Å². The first-order valence-corrected chi connectivity index (χ1v) is 6.36. The number of thiophene rings is 1. The Balaban J connectivity index is 2.24. The highest BCUT2D eigenvalue weighted by Gasteiger charge is 2.19. The van der Waals surface area contributed by atoms with E-state index in [1.807, 2.05) is 17.5 Å². The topological polar surface area (TPSA) is 35.2 Å². The van der Waals surface area contributed by atoms with Gasteiger partial charge in [-0.05, 0) is 18.4 Å². The number of nitrogens with two attached hydrogens (primary N) is 1. The molecule has 0 aliphatic rings. The molecule has 0 fully saturated rings. The summed E-state index contributed by atoms with van der Waals surface area (Å²) in [5.74, 6) is -1.19. The van der Waals surface area contributed by atoms with E-state index >= 15 is 0 Å². The summed E-state index contributed by atoms with van der Waals surface area (Å²) in [6.45, 7) is 1.79. The van der Waals surface area contributed by atoms with E-state index < -0.39 is 17.7 Å². The Kier molecular flexibility index (Phi) is 3.93. The zero-order valence-corrected chi connectivity index (χ0v) is 10.6. The fourth-order valence-electron chi connectivity index (χ4n) is 1.62. The maximum Gasteiger partial charge on any atom is 0.148 e. The maximum atomic E-state index is 13.1. The minimum absolute atomic E-state index is 0.142. The lowest BCUT2D eigenvalue weighted by Crippen LogP contribution is -2.28. The Morgan fingerprint density at radius 1 is 1.22 bits per heavy atom. The SMILES string of the molecule is CC(N)C(Oc1cc(F)cc(F)c1)c1cccs1. The molecule has 18 heavy (non-hydrogen) atoms. The van der Waals surface area contributed by atoms with Gasteiger partial charge in [0.05, 0.1) is 0 Å². The van der Waals surface area contributed by atoms with Crippen LogP contribution in [0.5, 0.6) is 5.75 Å². The molecule has 96 valence electrons. The second kappa shape index (κ2) is 5.46. The molecule has 2 atom stereocenters. The van der Waals surface area contributed by atoms with Crippen LogP contribution in [0.1, 0.15) is 17.9 Å². The first kappa shape index (κ1) is 13.0. The van der Waals surface area contributed by atoms with Gasteiger partial charge in [-0.1, -0.05) is 6.07 Å². The Hall–Kier alpha value is -1.46. The highest BCUT2D eigenvalue weighted by Crippen LogP contribution is 2.28. The Labute approximate surface area is 108 Å². The molecule has 0 bridgehead atoms. The molecule has 0 aliphatic heterocycles. The lowest BCUT2D eigenvalue weighted by Gasteiger charge is -2.21. The zero-order chi connectivity index (χ0) is 13.1. The molecule has 1 aromatic heterocycles. The van der Waals surface area contributed by atoms with Crippen molar-refractivity contribution in [1.82, 2.24) is 0 Å². The quantitative estimate of drug-likeness (QED) is 0.922. The van der Waals surface area contributed by atoms with Gasteiger partial charge in [0.2, 0.25) is 0 Å². The average molecular weight is 269 g/mol. The Morgan fingerprint density at radius 2 is 1.89 bits per heavy atom. The standard InChI is InChI=1S/C13H13F2NOS/c1-8(16)13(12-3-2-4-18-12)17-11-6-9(14)5-10(15)7-11/h2-8,13H,16H2,1H3. The summed E-state index contributed by atoms with van der Waals surface area (Å²) in [6, 6.07) is 6.57. The summed E-state index contributed by atoms with van der Waals surface area (Å²) in [5.41, 5.74) is 5.85. The Bertz CT molecular complexity index is 493. The van der Waals surface area contributed by atoms with Gasteiger partial charge < -0.3 is 10.5 Å². The molecule has 1 aromatic carbocycles. The van der Waals surface area contributed by atoms with Crippen LogP contribution in [0, 0.1) is 11.6 Å². The summed E-state index contributed by atoms with van der Waals surface area (Å²) in [7, 11) is 0. The van der Waals surface area contributed by atoms with E-state index in [4.69, 9.17) is 10.5 Å². The maximum absolute atomic E-state index is 13.1. The molecule has 2 nitrogen and oxygen atoms in total. The summed E-state index contributed by atoms with van der Waals surface area (Å²) in [4.78, 5) is 0.926. The van der Waals surface area contributed by atoms with Crippen molar-refractivity contribution in [3.8, 4) is 5.75 Å². The number of halogens is 2. The summed E-state index contributed by atoms with van der Waals surface area (Å²) in [5, 5.41) is 1.90. The van der Waals surface area contributed by atoms with Gasteiger partial charge in [0, 0.05) is 29.1 Å². The first-order chi connectivity index (χ1) is 8.56. The molecule has 0 amide bonds. The van der Waals surface area contributed by atoms with Crippen molar-refractivity contribution in [2.75, 3.05) is 0 Å². The predicted octanol–water partition coefficient (Wildman–Crippen LogP) is 3.49. The van der Waals surface area contributed by atoms with Crippen molar-refractivity contribution in [2.45, 2.75) is 19.1 Å². The fourth-order valence-corrected chi connectivity index (χ4v) is 2.49. The van der Waals surface area contributed by atoms with Gasteiger partial charge in [-0.15, -0.1) is 11.3 Å². The molecule has 0 aliphatic carbocycles. The summed E-state index contributed by atoms with van der Waals surface area (Å²) in [6.07, 6.45) is -0.411. The average Bonchev–Trinajstić information content (AvgIpc) is 2.77. The van der Waals surface area contributed by atoms with E-state index in [9.17, 15) is 8.78 Å². The van der Waals surface area contributed by atoms with Crippen LogP contribution in [0.15, 0.2) is 35.7 Å². The molecule has 0 radical (unpaired) electrons. The largest absolute Gasteiger partial charge is 0.483 e. The molecular weight excluding hydrogens is 256 g/mol. The van der Waals surface area contributed by atoms with Crippen LogP contribution < -0.4 is 10.5 Å². The fraction of sp³-hybridized carbons (Fsp3) is 0.231. The van der Waals surface area contributed by atoms with Crippen molar-refractivity contribution in [3.05, 3.63) is 52.2 Å². The van der Waals surface area contributed by atoms with Gasteiger partial charge in [-0.3, -0.25) is 0 Å². The molecular formula is C13H13F2NOS. The lowest BCUT2D eigenvalue weighted by atomic mass is 10.1. The normalized spacial score (nSPS) is 14.2. The van der Waals surface area contributed by atoms with Crippen LogP contribution in [0.25, 0.3) is 0 Å². The third-order valence-electron chi connectivity index (χ3n) is 2.40. The first-order valence-electron chi connectivity index (χ1n) is 5.48. The highest BCUT2D eigenvalue weighted by molar-refractivity contribution is 7.10. The molecule has 0 saturated carbocycles. The van der Waals surface area contributed by atoms with Crippen molar-refractivity contribution < 1.29 is 13.5 Å². The zero-order valence-electron chi connectivity index (χ0n) is 9.77. The number of hydrogen-bond donors (Lipinski definition) is 1. The van der Waals surface area contributed by atoms with Crippen molar-refractivity contribution in [1.29, 1.82) is 0 Å². The Morgan fingerprint density at radius 3 is 2.39 bits per heavy atom. The molecule has 2 aromatic rings. The number of ether oxygens (including phenoxy) is 1. The van der Waals surface area contributed by atoms with E-state index in [1.165, 1.54) is 11.3 Å². The van der Waals surface area contributed by atoms with Crippen LogP contribution >= 0.6 is 11.3 Å². The van der Waals surface area contributed by atoms with Crippen molar-refractivity contribution in [3.63, 3.8) is 0 Å². The van der Waals surface area contributed by atoms with E-state index in [0.29, 0.717) is 0 Å². The van der Waals surface area contributed by atoms with Crippen LogP contribution in [0.3, 0.4) is 0 Å². The van der Waals surface area contributed by atoms with Crippen LogP contribution in [-0.2, 0) is 0 Å². The van der Waals surface area contributed by atoms with Crippen molar-refractivity contribution >= 4 is 11.3 Å². The van der Waals surface area contributed by atoms with E-state index in [0.717, 1.165) is 23.1 Å². The number of benzene rings is 1. The predicted molar refractivity (Wildman–Crippen MR) is 67.7 cm³/mol. The molecule has 2 unspecified atom stereocenters. The van der Waals surface area contributed by atoms with Gasteiger partial charge in [0.25, 0.3) is 0 Å². The summed E-state index contributed by atoms with van der Waals surface area (Å²) < 4.78 is 31.7. The van der Waals surface area contributed by atoms with Gasteiger partial charge in [0.1, 0.15) is 23.5 Å². The summed E-state index contributed by atoms with van der Waals surface area (Å²) >= 11 is 1.49. The van der Waals surface area contributed by atoms with Crippen LogP contribution in [-0.4, -0.2) is 6.04 Å². The molecule has 0 saturated heterocycles. The van der Waals surface area contributed by atoms with Crippen LogP contribution in [0.4, 0.5) is 8.78 Å². The van der Waals surface area contributed by atoms with Gasteiger partial charge in [-0.2, -0.15) is 0 Å². The smallest absolute Gasteiger partial charge is 0.148 e. The van der Waals surface area contributed by atoms with Crippen molar-refractivity contribution in [2.24, 2.45) is 5.73 Å². The number of hydrogen-bond acceptors (Lipinski definition) is 3. The molecule has 5 heteroatoms. The second-order valence-corrected chi connectivity index (χ2v) is 5.00. The second-order valence-electron chi connectivity index (χ2n) is 4.02. The molecule has 2 rings (SSSR count). The van der Waals surface area contributed by atoms with Gasteiger partial charge in [-0.25, -0.2) is 8.78 Å². The van der Waals surface area contributed by atoms with E-state index in [1.54, 1.807) is 6.92 Å². The third-order valence-corrected chi connectivity index (χ3v) is 3.33.